The first kappa shape index (κ1) is 13.3. The van der Waals surface area contributed by atoms with Gasteiger partial charge in [-0.2, -0.15) is 0 Å². The number of aliphatic carboxylic acids is 2. The molecule has 0 aromatic heterocycles. The summed E-state index contributed by atoms with van der Waals surface area (Å²) in [4.78, 5) is 20.2. The van der Waals surface area contributed by atoms with Gasteiger partial charge >= 0.3 is 41.5 Å². The summed E-state index contributed by atoms with van der Waals surface area (Å²) in [5, 5.41) is 16.6. The predicted molar refractivity (Wildman–Crippen MR) is 34.8 cm³/mol. The van der Waals surface area contributed by atoms with Crippen molar-refractivity contribution in [3.63, 3.8) is 0 Å². The van der Waals surface area contributed by atoms with Gasteiger partial charge in [0, 0.05) is 11.1 Å². The van der Waals surface area contributed by atoms with Gasteiger partial charge in [-0.05, 0) is 13.8 Å². The summed E-state index contributed by atoms with van der Waals surface area (Å²) >= 11 is 0. The van der Waals surface area contributed by atoms with E-state index in [1.807, 2.05) is 0 Å². The molecule has 5 heteroatoms. The topological polar surface area (TPSA) is 74.6 Å². The van der Waals surface area contributed by atoms with E-state index >= 15 is 0 Å². The van der Waals surface area contributed by atoms with Crippen LogP contribution in [0.1, 0.15) is 15.3 Å². The van der Waals surface area contributed by atoms with Crippen molar-refractivity contribution in [2.24, 2.45) is 0 Å². The number of hydrogen-bond acceptors (Lipinski definition) is 2. The number of carboxylic acids is 2. The Bertz CT molecular complexity index is 190. The van der Waals surface area contributed by atoms with Crippen LogP contribution in [0.4, 0.5) is 0 Å². The van der Waals surface area contributed by atoms with Crippen LogP contribution in [0.5, 0.6) is 0 Å². The van der Waals surface area contributed by atoms with Gasteiger partial charge in [-0.15, -0.1) is 0 Å². The minimum atomic E-state index is -1.19. The summed E-state index contributed by atoms with van der Waals surface area (Å²) < 4.78 is 0. The molecule has 0 aliphatic carbocycles. The average Bonchev–Trinajstić information content (AvgIpc) is 1.84. The van der Waals surface area contributed by atoms with Crippen LogP contribution in [0.2, 0.25) is 0 Å². The Balaban J connectivity index is -0.000000405. The number of hydrogen-bond donors (Lipinski definition) is 2. The molecule has 0 radical (unpaired) electrons. The maximum absolute atomic E-state index is 10.1. The Labute approximate surface area is 87.7 Å². The second-order valence-electron chi connectivity index (χ2n) is 1.86. The van der Waals surface area contributed by atoms with Crippen LogP contribution in [-0.2, 0) is 9.59 Å². The first-order chi connectivity index (χ1) is 4.46. The molecule has 0 saturated carbocycles. The molecular formula is C6H9NaO4. The molecule has 0 aromatic rings. The Hall–Kier alpha value is -0.320. The van der Waals surface area contributed by atoms with E-state index < -0.39 is 11.9 Å². The third kappa shape index (κ3) is 4.19. The van der Waals surface area contributed by atoms with Crippen molar-refractivity contribution < 1.29 is 50.8 Å². The predicted octanol–water partition coefficient (Wildman–Crippen LogP) is -2.39. The van der Waals surface area contributed by atoms with E-state index in [0.717, 1.165) is 0 Å². The van der Waals surface area contributed by atoms with Gasteiger partial charge in [-0.25, -0.2) is 9.59 Å². The first-order valence-corrected chi connectivity index (χ1v) is 2.61. The van der Waals surface area contributed by atoms with Crippen molar-refractivity contribution in [2.75, 3.05) is 0 Å². The van der Waals surface area contributed by atoms with Crippen LogP contribution >= 0.6 is 0 Å². The smallest absolute Gasteiger partial charge is 1.00 e. The zero-order chi connectivity index (χ0) is 8.31. The van der Waals surface area contributed by atoms with Crippen molar-refractivity contribution in [1.82, 2.24) is 0 Å². The average molecular weight is 168 g/mol. The normalized spacial score (nSPS) is 11.1. The number of carbonyl (C=O) groups is 2. The van der Waals surface area contributed by atoms with E-state index in [4.69, 9.17) is 10.2 Å². The van der Waals surface area contributed by atoms with E-state index in [-0.39, 0.29) is 42.1 Å². The van der Waals surface area contributed by atoms with Crippen LogP contribution in [0.3, 0.4) is 0 Å². The summed E-state index contributed by atoms with van der Waals surface area (Å²) in [7, 11) is 0. The van der Waals surface area contributed by atoms with Crippen LogP contribution in [-0.4, -0.2) is 22.2 Å². The van der Waals surface area contributed by atoms with Crippen molar-refractivity contribution in [1.29, 1.82) is 0 Å². The molecule has 0 atom stereocenters. The molecule has 58 valence electrons. The third-order valence-corrected chi connectivity index (χ3v) is 1.20. The fraction of sp³-hybridized carbons (Fsp3) is 0.333. The van der Waals surface area contributed by atoms with E-state index in [9.17, 15) is 9.59 Å². The summed E-state index contributed by atoms with van der Waals surface area (Å²) in [6.45, 7) is 2.51. The van der Waals surface area contributed by atoms with Gasteiger partial charge in [-0.1, -0.05) is 0 Å². The molecule has 0 spiro atoms. The van der Waals surface area contributed by atoms with Crippen LogP contribution in [0.15, 0.2) is 11.1 Å². The molecule has 0 heterocycles. The molecule has 0 amide bonds. The fourth-order valence-corrected chi connectivity index (χ4v) is 0.321. The van der Waals surface area contributed by atoms with Crippen molar-refractivity contribution in [3.05, 3.63) is 11.1 Å². The van der Waals surface area contributed by atoms with Gasteiger partial charge < -0.3 is 11.6 Å². The van der Waals surface area contributed by atoms with Crippen molar-refractivity contribution >= 4 is 11.9 Å². The van der Waals surface area contributed by atoms with E-state index in [0.29, 0.717) is 0 Å². The van der Waals surface area contributed by atoms with Gasteiger partial charge in [0.15, 0.2) is 0 Å². The molecule has 0 saturated heterocycles. The Morgan fingerprint density at radius 1 is 1.00 bits per heavy atom. The Morgan fingerprint density at radius 3 is 1.27 bits per heavy atom. The first-order valence-electron chi connectivity index (χ1n) is 2.61. The minimum Gasteiger partial charge on any atom is -1.00 e. The maximum atomic E-state index is 10.1. The van der Waals surface area contributed by atoms with Gasteiger partial charge in [0.05, 0.1) is 0 Å². The third-order valence-electron chi connectivity index (χ3n) is 1.20. The van der Waals surface area contributed by atoms with Gasteiger partial charge in [-0.3, -0.25) is 0 Å². The molecule has 0 aliphatic heterocycles. The Kier molecular flexibility index (Phi) is 6.46. The molecule has 11 heavy (non-hydrogen) atoms. The van der Waals surface area contributed by atoms with Gasteiger partial charge in [0.2, 0.25) is 0 Å². The molecule has 0 unspecified atom stereocenters. The largest absolute Gasteiger partial charge is 1.00 e. The molecule has 0 fully saturated rings. The summed E-state index contributed by atoms with van der Waals surface area (Å²) in [6.07, 6.45) is 0. The zero-order valence-corrected chi connectivity index (χ0v) is 8.71. The van der Waals surface area contributed by atoms with Crippen LogP contribution in [0, 0.1) is 0 Å². The molecule has 0 aromatic carbocycles. The molecule has 4 nitrogen and oxygen atoms in total. The zero-order valence-electron chi connectivity index (χ0n) is 7.71. The second-order valence-corrected chi connectivity index (χ2v) is 1.86. The van der Waals surface area contributed by atoms with Crippen LogP contribution < -0.4 is 29.6 Å². The standard InChI is InChI=1S/C6H8O4.Na.H/c1-3(5(7)8)4(2)6(9)10;;/h1-2H3,(H,7,8)(H,9,10);;/q;+1;-1/b4-3-;;. The molecule has 2 N–H and O–H groups in total. The molecular weight excluding hydrogens is 159 g/mol. The second kappa shape index (κ2) is 5.35. The van der Waals surface area contributed by atoms with Gasteiger partial charge in [0.25, 0.3) is 0 Å². The monoisotopic (exact) mass is 168 g/mol. The Morgan fingerprint density at radius 2 is 1.18 bits per heavy atom. The molecule has 0 bridgehead atoms. The van der Waals surface area contributed by atoms with Crippen molar-refractivity contribution in [3.8, 4) is 0 Å². The maximum Gasteiger partial charge on any atom is 1.00 e. The summed E-state index contributed by atoms with van der Waals surface area (Å²) in [5.41, 5.74) is -0.264. The summed E-state index contributed by atoms with van der Waals surface area (Å²) in [5.74, 6) is -2.39. The van der Waals surface area contributed by atoms with Gasteiger partial charge in [0.1, 0.15) is 0 Å². The van der Waals surface area contributed by atoms with E-state index in [1.165, 1.54) is 13.8 Å². The quantitative estimate of drug-likeness (QED) is 0.356. The SMILES string of the molecule is C/C(C(=O)O)=C(\C)C(=O)O.[H-].[Na+]. The van der Waals surface area contributed by atoms with E-state index in [2.05, 4.69) is 0 Å². The summed E-state index contributed by atoms with van der Waals surface area (Å²) in [6, 6.07) is 0. The number of carboxylic acid groups (broad SMARTS) is 2. The molecule has 0 rings (SSSR count). The van der Waals surface area contributed by atoms with E-state index in [1.54, 1.807) is 0 Å². The number of rotatable bonds is 2. The molecule has 0 aliphatic rings. The minimum absolute atomic E-state index is 0. The van der Waals surface area contributed by atoms with Crippen molar-refractivity contribution in [2.45, 2.75) is 13.8 Å². The fourth-order valence-electron chi connectivity index (χ4n) is 0.321. The van der Waals surface area contributed by atoms with Crippen LogP contribution in [0.25, 0.3) is 0 Å².